The number of para-hydroxylation sites is 1. The maximum atomic E-state index is 12.8. The molecular weight excluding hydrogens is 376 g/mol. The van der Waals surface area contributed by atoms with Crippen molar-refractivity contribution in [2.75, 3.05) is 24.5 Å². The van der Waals surface area contributed by atoms with Crippen LogP contribution in [0.5, 0.6) is 0 Å². The molecule has 0 saturated carbocycles. The van der Waals surface area contributed by atoms with Crippen LogP contribution < -0.4 is 4.90 Å². The van der Waals surface area contributed by atoms with Crippen LogP contribution >= 0.6 is 15.9 Å². The van der Waals surface area contributed by atoms with Gasteiger partial charge in [-0.2, -0.15) is 13.2 Å². The quantitative estimate of drug-likeness (QED) is 0.635. The summed E-state index contributed by atoms with van der Waals surface area (Å²) in [6.45, 7) is 2.42. The lowest BCUT2D eigenvalue weighted by atomic mass is 9.80. The number of alkyl halides is 3. The van der Waals surface area contributed by atoms with Gasteiger partial charge < -0.3 is 9.83 Å². The van der Waals surface area contributed by atoms with Crippen molar-refractivity contribution in [3.05, 3.63) is 40.4 Å². The molecule has 0 aromatic heterocycles. The molecule has 124 valence electrons. The van der Waals surface area contributed by atoms with Crippen LogP contribution in [-0.2, 0) is 4.79 Å². The third kappa shape index (κ3) is 4.36. The summed E-state index contributed by atoms with van der Waals surface area (Å²) in [6.07, 6.45) is -3.35. The van der Waals surface area contributed by atoms with Crippen LogP contribution in [-0.4, -0.2) is 48.6 Å². The highest BCUT2D eigenvalue weighted by atomic mass is 79.9. The number of carbonyl (C=O) groups excluding carboxylic acids is 1. The van der Waals surface area contributed by atoms with E-state index in [9.17, 15) is 23.0 Å². The Balaban J connectivity index is 2.18. The van der Waals surface area contributed by atoms with E-state index in [1.807, 2.05) is 0 Å². The summed E-state index contributed by atoms with van der Waals surface area (Å²) in [5.41, 5.74) is 1.05. The molecule has 23 heavy (non-hydrogen) atoms. The lowest BCUT2D eigenvalue weighted by molar-refractivity contribution is -0.170. The summed E-state index contributed by atoms with van der Waals surface area (Å²) in [4.78, 5) is 14.2. The minimum atomic E-state index is -4.95. The number of hydrogen-bond donors (Lipinski definition) is 1. The van der Waals surface area contributed by atoms with Crippen molar-refractivity contribution in [3.8, 4) is 0 Å². The predicted molar refractivity (Wildman–Crippen MR) is 86.0 cm³/mol. The van der Waals surface area contributed by atoms with Crippen LogP contribution in [0.2, 0.25) is 6.82 Å². The average Bonchev–Trinajstić information content (AvgIpc) is 2.40. The molecule has 1 aromatic carbocycles. The fourth-order valence-corrected chi connectivity index (χ4v) is 2.70. The minimum absolute atomic E-state index is 0.165. The second-order valence-electron chi connectivity index (χ2n) is 5.26. The van der Waals surface area contributed by atoms with Crippen molar-refractivity contribution in [3.63, 3.8) is 0 Å². The summed E-state index contributed by atoms with van der Waals surface area (Å²) in [7, 11) is -0.594. The van der Waals surface area contributed by atoms with Crippen LogP contribution in [0.25, 0.3) is 0 Å². The van der Waals surface area contributed by atoms with Gasteiger partial charge in [-0.05, 0) is 40.5 Å². The molecule has 1 aliphatic heterocycles. The fourth-order valence-electron chi connectivity index (χ4n) is 2.20. The first kappa shape index (κ1) is 18.0. The Morgan fingerprint density at radius 2 is 2.04 bits per heavy atom. The fraction of sp³-hybridized carbons (Fsp3) is 0.357. The highest BCUT2D eigenvalue weighted by molar-refractivity contribution is 9.10. The molecule has 2 rings (SSSR count). The zero-order valence-corrected chi connectivity index (χ0v) is 13.9. The molecule has 1 saturated heterocycles. The maximum absolute atomic E-state index is 12.8. The van der Waals surface area contributed by atoms with Gasteiger partial charge in [-0.25, -0.2) is 0 Å². The smallest absolute Gasteiger partial charge is 0.437 e. The van der Waals surface area contributed by atoms with E-state index >= 15 is 0 Å². The van der Waals surface area contributed by atoms with E-state index in [0.29, 0.717) is 22.5 Å². The molecule has 0 atom stereocenters. The molecule has 9 heteroatoms. The molecule has 0 unspecified atom stereocenters. The average molecular weight is 391 g/mol. The second kappa shape index (κ2) is 7.06. The molecular formula is C14H15BBrF3N2O2. The predicted octanol–water partition coefficient (Wildman–Crippen LogP) is 2.70. The molecule has 0 radical (unpaired) electrons. The van der Waals surface area contributed by atoms with E-state index in [0.717, 1.165) is 5.57 Å². The highest BCUT2D eigenvalue weighted by Gasteiger charge is 2.43. The SMILES string of the molecule is CB(O)N1CC(=CCN(C(=O)C(F)(F)F)c2ccccc2Br)C1. The standard InChI is InChI=1S/C14H15BBrF3N2O2/c1-15(23)20-8-10(9-20)6-7-21(13(22)14(17,18)19)12-5-3-2-4-11(12)16/h2-6,23H,7-9H2,1H3. The van der Waals surface area contributed by atoms with Gasteiger partial charge in [-0.3, -0.25) is 9.69 Å². The molecule has 1 heterocycles. The highest BCUT2D eigenvalue weighted by Crippen LogP contribution is 2.30. The van der Waals surface area contributed by atoms with Crippen molar-refractivity contribution < 1.29 is 23.0 Å². The number of rotatable bonds is 4. The second-order valence-corrected chi connectivity index (χ2v) is 6.12. The third-order valence-electron chi connectivity index (χ3n) is 3.53. The molecule has 4 nitrogen and oxygen atoms in total. The van der Waals surface area contributed by atoms with Crippen LogP contribution in [0.4, 0.5) is 18.9 Å². The van der Waals surface area contributed by atoms with Crippen LogP contribution in [0, 0.1) is 0 Å². The normalized spacial score (nSPS) is 15.1. The first-order chi connectivity index (χ1) is 10.7. The van der Waals surface area contributed by atoms with Crippen LogP contribution in [0.3, 0.4) is 0 Å². The van der Waals surface area contributed by atoms with E-state index in [4.69, 9.17) is 0 Å². The lowest BCUT2D eigenvalue weighted by Gasteiger charge is -2.35. The Kier molecular flexibility index (Phi) is 5.54. The van der Waals surface area contributed by atoms with Gasteiger partial charge in [-0.1, -0.05) is 18.2 Å². The van der Waals surface area contributed by atoms with E-state index in [1.54, 1.807) is 35.9 Å². The number of nitrogens with zero attached hydrogens (tertiary/aromatic N) is 2. The zero-order valence-electron chi connectivity index (χ0n) is 12.3. The monoisotopic (exact) mass is 390 g/mol. The van der Waals surface area contributed by atoms with Crippen LogP contribution in [0.15, 0.2) is 40.4 Å². The van der Waals surface area contributed by atoms with E-state index < -0.39 is 19.1 Å². The Morgan fingerprint density at radius 1 is 1.43 bits per heavy atom. The lowest BCUT2D eigenvalue weighted by Crippen LogP contribution is -2.49. The summed E-state index contributed by atoms with van der Waals surface area (Å²) in [6, 6.07) is 6.27. The van der Waals surface area contributed by atoms with Gasteiger partial charge in [0.15, 0.2) is 0 Å². The van der Waals surface area contributed by atoms with Crippen molar-refractivity contribution in [2.45, 2.75) is 13.0 Å². The molecule has 1 amide bonds. The van der Waals surface area contributed by atoms with Gasteiger partial charge in [-0.15, -0.1) is 0 Å². The maximum Gasteiger partial charge on any atom is 0.471 e. The summed E-state index contributed by atoms with van der Waals surface area (Å²) < 4.78 is 38.9. The van der Waals surface area contributed by atoms with E-state index in [1.165, 1.54) is 6.07 Å². The van der Waals surface area contributed by atoms with Gasteiger partial charge in [0.25, 0.3) is 0 Å². The number of hydrogen-bond acceptors (Lipinski definition) is 3. The molecule has 0 spiro atoms. The van der Waals surface area contributed by atoms with Gasteiger partial charge in [0.1, 0.15) is 0 Å². The first-order valence-corrected chi connectivity index (χ1v) is 7.72. The Hall–Kier alpha value is -1.32. The Bertz CT molecular complexity index is 614. The van der Waals surface area contributed by atoms with Gasteiger partial charge in [0, 0.05) is 24.1 Å². The number of amides is 1. The van der Waals surface area contributed by atoms with Gasteiger partial charge in [0.05, 0.1) is 5.69 Å². The molecule has 1 aromatic rings. The van der Waals surface area contributed by atoms with Crippen molar-refractivity contribution in [2.24, 2.45) is 0 Å². The number of benzene rings is 1. The van der Waals surface area contributed by atoms with E-state index in [2.05, 4.69) is 15.9 Å². The molecule has 0 aliphatic carbocycles. The van der Waals surface area contributed by atoms with Crippen molar-refractivity contribution in [1.82, 2.24) is 4.81 Å². The summed E-state index contributed by atoms with van der Waals surface area (Å²) in [5, 5.41) is 9.36. The van der Waals surface area contributed by atoms with Crippen LogP contribution in [0.1, 0.15) is 0 Å². The van der Waals surface area contributed by atoms with Gasteiger partial charge in [0.2, 0.25) is 0 Å². The first-order valence-electron chi connectivity index (χ1n) is 6.93. The molecule has 1 fully saturated rings. The van der Waals surface area contributed by atoms with Crippen molar-refractivity contribution in [1.29, 1.82) is 0 Å². The third-order valence-corrected chi connectivity index (χ3v) is 4.20. The summed E-state index contributed by atoms with van der Waals surface area (Å²) in [5.74, 6) is -1.91. The number of anilines is 1. The van der Waals surface area contributed by atoms with Crippen molar-refractivity contribution >= 4 is 34.6 Å². The number of halogens is 4. The molecule has 0 bridgehead atoms. The van der Waals surface area contributed by atoms with Gasteiger partial charge >= 0.3 is 19.1 Å². The zero-order chi connectivity index (χ0) is 17.2. The topological polar surface area (TPSA) is 43.8 Å². The Morgan fingerprint density at radius 3 is 2.57 bits per heavy atom. The number of carbonyl (C=O) groups is 1. The van der Waals surface area contributed by atoms with E-state index in [-0.39, 0.29) is 12.2 Å². The Labute approximate surface area is 140 Å². The summed E-state index contributed by atoms with van der Waals surface area (Å²) >= 11 is 3.18. The largest absolute Gasteiger partial charge is 0.471 e. The molecule has 1 aliphatic rings. The molecule has 1 N–H and O–H groups in total. The minimum Gasteiger partial charge on any atom is -0.437 e.